The summed E-state index contributed by atoms with van der Waals surface area (Å²) in [6, 6.07) is 0. The van der Waals surface area contributed by atoms with E-state index in [2.05, 4.69) is 8.92 Å². The predicted octanol–water partition coefficient (Wildman–Crippen LogP) is -0.954. The van der Waals surface area contributed by atoms with Gasteiger partial charge in [-0.1, -0.05) is 0 Å². The zero-order valence-corrected chi connectivity index (χ0v) is 6.18. The maximum Gasteiger partial charge on any atom is 0.417 e. The topological polar surface area (TPSA) is 69.7 Å². The van der Waals surface area contributed by atoms with Gasteiger partial charge in [-0.05, 0) is 0 Å². The first-order valence-electron chi connectivity index (χ1n) is 2.39. The molecule has 0 aliphatic rings. The van der Waals surface area contributed by atoms with Crippen LogP contribution < -0.4 is 0 Å². The summed E-state index contributed by atoms with van der Waals surface area (Å²) in [6.45, 7) is 0.870. The van der Waals surface area contributed by atoms with E-state index in [1.165, 1.54) is 0 Å². The van der Waals surface area contributed by atoms with E-state index in [-0.39, 0.29) is 13.2 Å². The van der Waals surface area contributed by atoms with Crippen LogP contribution in [0.1, 0.15) is 0 Å². The molecule has 59 valence electrons. The highest BCUT2D eigenvalue weighted by Gasteiger charge is 1.99. The van der Waals surface area contributed by atoms with Crippen molar-refractivity contribution in [3.05, 3.63) is 0 Å². The van der Waals surface area contributed by atoms with Gasteiger partial charge in [0.25, 0.3) is 10.1 Å². The highest BCUT2D eigenvalue weighted by atomic mass is 32.2. The standard InChI is InChI=1S/C4H7O5S/c1-10(6,7)9-3-2-8-4-5/h2-3H2,1H3. The predicted molar refractivity (Wildman–Crippen MR) is 32.4 cm³/mol. The van der Waals surface area contributed by atoms with Crippen LogP contribution >= 0.6 is 0 Å². The van der Waals surface area contributed by atoms with Crippen molar-refractivity contribution in [2.45, 2.75) is 0 Å². The van der Waals surface area contributed by atoms with E-state index in [4.69, 9.17) is 0 Å². The Morgan fingerprint density at radius 1 is 1.40 bits per heavy atom. The minimum atomic E-state index is -3.41. The third-order valence-electron chi connectivity index (χ3n) is 0.542. The summed E-state index contributed by atoms with van der Waals surface area (Å²) in [5, 5.41) is 0. The summed E-state index contributed by atoms with van der Waals surface area (Å²) in [4.78, 5) is 9.38. The summed E-state index contributed by atoms with van der Waals surface area (Å²) in [5.74, 6) is 0. The van der Waals surface area contributed by atoms with Gasteiger partial charge in [-0.2, -0.15) is 8.42 Å². The molecule has 0 fully saturated rings. The average molecular weight is 167 g/mol. The van der Waals surface area contributed by atoms with Crippen molar-refractivity contribution in [1.82, 2.24) is 0 Å². The molecule has 0 aliphatic heterocycles. The first-order valence-corrected chi connectivity index (χ1v) is 4.21. The molecule has 0 aliphatic carbocycles. The van der Waals surface area contributed by atoms with Crippen LogP contribution in [0.5, 0.6) is 0 Å². The van der Waals surface area contributed by atoms with Crippen molar-refractivity contribution in [2.75, 3.05) is 19.5 Å². The summed E-state index contributed by atoms with van der Waals surface area (Å²) in [6.07, 6.45) is 0.914. The maximum absolute atomic E-state index is 10.2. The lowest BCUT2D eigenvalue weighted by Gasteiger charge is -1.97. The third kappa shape index (κ3) is 7.38. The van der Waals surface area contributed by atoms with Crippen molar-refractivity contribution in [2.24, 2.45) is 0 Å². The second-order valence-electron chi connectivity index (χ2n) is 1.46. The molecule has 0 rings (SSSR count). The van der Waals surface area contributed by atoms with Crippen LogP contribution in [0.2, 0.25) is 0 Å². The SMILES string of the molecule is CS(=O)(=O)OCCO[C]=O. The van der Waals surface area contributed by atoms with Crippen molar-refractivity contribution in [1.29, 1.82) is 0 Å². The van der Waals surface area contributed by atoms with Gasteiger partial charge in [-0.25, -0.2) is 4.79 Å². The van der Waals surface area contributed by atoms with Gasteiger partial charge in [0.2, 0.25) is 0 Å². The molecule has 0 amide bonds. The second-order valence-corrected chi connectivity index (χ2v) is 3.10. The molecule has 0 aromatic rings. The largest absolute Gasteiger partial charge is 0.455 e. The van der Waals surface area contributed by atoms with Gasteiger partial charge in [0.1, 0.15) is 13.2 Å². The Morgan fingerprint density at radius 2 is 2.00 bits per heavy atom. The minimum absolute atomic E-state index is 0.101. The van der Waals surface area contributed by atoms with E-state index < -0.39 is 10.1 Å². The van der Waals surface area contributed by atoms with E-state index in [1.807, 2.05) is 0 Å². The highest BCUT2D eigenvalue weighted by Crippen LogP contribution is 1.84. The Morgan fingerprint density at radius 3 is 2.40 bits per heavy atom. The van der Waals surface area contributed by atoms with Gasteiger partial charge in [-0.15, -0.1) is 0 Å². The monoisotopic (exact) mass is 167 g/mol. The van der Waals surface area contributed by atoms with Crippen LogP contribution in [-0.2, 0) is 23.8 Å². The smallest absolute Gasteiger partial charge is 0.417 e. The summed E-state index contributed by atoms with van der Waals surface area (Å²) < 4.78 is 28.7. The number of hydrogen-bond acceptors (Lipinski definition) is 5. The molecular weight excluding hydrogens is 160 g/mol. The second kappa shape index (κ2) is 4.24. The molecule has 0 spiro atoms. The Balaban J connectivity index is 3.29. The van der Waals surface area contributed by atoms with Gasteiger partial charge in [0, 0.05) is 0 Å². The molecule has 1 radical (unpaired) electrons. The van der Waals surface area contributed by atoms with Gasteiger partial charge < -0.3 is 4.74 Å². The summed E-state index contributed by atoms with van der Waals surface area (Å²) in [5.41, 5.74) is 0. The van der Waals surface area contributed by atoms with Crippen LogP contribution in [-0.4, -0.2) is 34.4 Å². The number of carbonyl (C=O) groups excluding carboxylic acids is 1. The minimum Gasteiger partial charge on any atom is -0.455 e. The van der Waals surface area contributed by atoms with E-state index >= 15 is 0 Å². The van der Waals surface area contributed by atoms with Crippen LogP contribution in [0, 0.1) is 0 Å². The third-order valence-corrected chi connectivity index (χ3v) is 1.14. The van der Waals surface area contributed by atoms with Crippen molar-refractivity contribution >= 4 is 16.6 Å². The van der Waals surface area contributed by atoms with Crippen molar-refractivity contribution in [3.8, 4) is 0 Å². The number of hydrogen-bond donors (Lipinski definition) is 0. The lowest BCUT2D eigenvalue weighted by atomic mass is 10.8. The molecule has 0 atom stereocenters. The molecule has 0 unspecified atom stereocenters. The molecule has 0 N–H and O–H groups in total. The first-order chi connectivity index (χ1) is 4.56. The fourth-order valence-corrected chi connectivity index (χ4v) is 0.640. The van der Waals surface area contributed by atoms with E-state index in [0.717, 1.165) is 12.7 Å². The Hall–Kier alpha value is -0.620. The van der Waals surface area contributed by atoms with E-state index in [9.17, 15) is 13.2 Å². The van der Waals surface area contributed by atoms with Crippen LogP contribution in [0.15, 0.2) is 0 Å². The molecule has 0 aromatic heterocycles. The van der Waals surface area contributed by atoms with Crippen LogP contribution in [0.4, 0.5) is 0 Å². The molecule has 0 saturated heterocycles. The number of ether oxygens (including phenoxy) is 1. The quantitative estimate of drug-likeness (QED) is 0.390. The fraction of sp³-hybridized carbons (Fsp3) is 0.750. The molecule has 0 saturated carbocycles. The molecule has 10 heavy (non-hydrogen) atoms. The van der Waals surface area contributed by atoms with Gasteiger partial charge >= 0.3 is 6.47 Å². The van der Waals surface area contributed by atoms with E-state index in [0.29, 0.717) is 0 Å². The Kier molecular flexibility index (Phi) is 3.97. The molecule has 0 bridgehead atoms. The molecule has 5 nitrogen and oxygen atoms in total. The van der Waals surface area contributed by atoms with Crippen molar-refractivity contribution < 1.29 is 22.1 Å². The zero-order chi connectivity index (χ0) is 8.04. The lowest BCUT2D eigenvalue weighted by molar-refractivity contribution is 0.205. The van der Waals surface area contributed by atoms with E-state index in [1.54, 1.807) is 0 Å². The fourth-order valence-electron chi connectivity index (χ4n) is 0.269. The van der Waals surface area contributed by atoms with Gasteiger partial charge in [0.05, 0.1) is 6.26 Å². The molecule has 6 heteroatoms. The Labute approximate surface area is 59.1 Å². The summed E-state index contributed by atoms with van der Waals surface area (Å²) in [7, 11) is -3.41. The first kappa shape index (κ1) is 9.38. The Bertz CT molecular complexity index is 182. The zero-order valence-electron chi connectivity index (χ0n) is 5.36. The van der Waals surface area contributed by atoms with Crippen molar-refractivity contribution in [3.63, 3.8) is 0 Å². The molecular formula is C4H7O5S. The highest BCUT2D eigenvalue weighted by molar-refractivity contribution is 7.85. The summed E-state index contributed by atoms with van der Waals surface area (Å²) >= 11 is 0. The normalized spacial score (nSPS) is 10.9. The van der Waals surface area contributed by atoms with Gasteiger partial charge in [0.15, 0.2) is 0 Å². The number of rotatable bonds is 5. The molecule has 0 heterocycles. The van der Waals surface area contributed by atoms with Gasteiger partial charge in [-0.3, -0.25) is 4.18 Å². The lowest BCUT2D eigenvalue weighted by Crippen LogP contribution is -2.08. The maximum atomic E-state index is 10.2. The van der Waals surface area contributed by atoms with Crippen LogP contribution in [0.3, 0.4) is 0 Å². The van der Waals surface area contributed by atoms with Crippen LogP contribution in [0.25, 0.3) is 0 Å². The molecule has 0 aromatic carbocycles. The average Bonchev–Trinajstić information content (AvgIpc) is 1.78.